The molecule has 0 fully saturated rings. The molecule has 0 heterocycles. The van der Waals surface area contributed by atoms with Crippen LogP contribution in [0.3, 0.4) is 0 Å². The molecule has 0 atom stereocenters. The summed E-state index contributed by atoms with van der Waals surface area (Å²) in [6, 6.07) is 60.4. The van der Waals surface area contributed by atoms with Crippen molar-refractivity contribution < 1.29 is 0 Å². The standard InChI is InChI=1S/C48H26N2/c49-27-29-13-17-32(18-14-29)42-25-43-37(35-9-4-5-10-36(35)42)22-24-39-44(43)26-45-40-23-21-34(31-7-2-1-3-8-31)38-11-6-12-41(47(38)40)48(45)46(39)33-19-15-30(28-50)16-20-33/h1-26H. The SMILES string of the molecule is N#Cc1ccc(-c2cc3c4cc5c(c(-c6ccc(C#N)cc6)c4ccc3c3ccccc23)-c2cccc3c(-c4ccccc4)ccc-5c23)cc1. The highest BCUT2D eigenvalue weighted by atomic mass is 14.3. The third-order valence-corrected chi connectivity index (χ3v) is 10.5. The molecule has 2 heteroatoms. The molecule has 10 rings (SSSR count). The number of benzene rings is 9. The summed E-state index contributed by atoms with van der Waals surface area (Å²) in [5.41, 5.74) is 13.2. The fourth-order valence-electron chi connectivity index (χ4n) is 8.24. The second kappa shape index (κ2) is 10.8. The molecule has 2 nitrogen and oxygen atoms in total. The zero-order valence-electron chi connectivity index (χ0n) is 26.9. The summed E-state index contributed by atoms with van der Waals surface area (Å²) in [6.45, 7) is 0. The van der Waals surface area contributed by atoms with E-state index in [0.717, 1.165) is 16.7 Å². The van der Waals surface area contributed by atoms with Gasteiger partial charge in [0.05, 0.1) is 23.3 Å². The quantitative estimate of drug-likeness (QED) is 0.182. The Kier molecular flexibility index (Phi) is 6.04. The lowest BCUT2D eigenvalue weighted by atomic mass is 9.84. The van der Waals surface area contributed by atoms with E-state index in [4.69, 9.17) is 0 Å². The predicted molar refractivity (Wildman–Crippen MR) is 207 cm³/mol. The number of rotatable bonds is 3. The van der Waals surface area contributed by atoms with Gasteiger partial charge in [-0.05, 0) is 135 Å². The Labute approximate surface area is 289 Å². The average Bonchev–Trinajstić information content (AvgIpc) is 3.51. The first-order valence-corrected chi connectivity index (χ1v) is 16.8. The summed E-state index contributed by atoms with van der Waals surface area (Å²) in [4.78, 5) is 0. The van der Waals surface area contributed by atoms with Gasteiger partial charge in [0.25, 0.3) is 0 Å². The van der Waals surface area contributed by atoms with Gasteiger partial charge >= 0.3 is 0 Å². The van der Waals surface area contributed by atoms with E-state index in [2.05, 4.69) is 146 Å². The van der Waals surface area contributed by atoms with Crippen LogP contribution >= 0.6 is 0 Å². The van der Waals surface area contributed by atoms with Crippen LogP contribution in [-0.4, -0.2) is 0 Å². The van der Waals surface area contributed by atoms with Crippen LogP contribution in [0.15, 0.2) is 158 Å². The van der Waals surface area contributed by atoms with E-state index in [1.54, 1.807) is 0 Å². The van der Waals surface area contributed by atoms with Crippen molar-refractivity contribution >= 4 is 43.1 Å². The van der Waals surface area contributed by atoms with Crippen molar-refractivity contribution in [1.29, 1.82) is 10.5 Å². The molecular formula is C48H26N2. The number of hydrogen-bond acceptors (Lipinski definition) is 2. The third kappa shape index (κ3) is 4.00. The molecule has 9 aromatic rings. The van der Waals surface area contributed by atoms with Crippen LogP contribution in [0.4, 0.5) is 0 Å². The molecule has 0 radical (unpaired) electrons. The molecule has 0 N–H and O–H groups in total. The minimum Gasteiger partial charge on any atom is -0.192 e. The van der Waals surface area contributed by atoms with E-state index < -0.39 is 0 Å². The van der Waals surface area contributed by atoms with Crippen molar-refractivity contribution in [2.24, 2.45) is 0 Å². The minimum absolute atomic E-state index is 0.646. The predicted octanol–water partition coefficient (Wildman–Crippen LogP) is 12.7. The van der Waals surface area contributed by atoms with Gasteiger partial charge in [0.2, 0.25) is 0 Å². The zero-order chi connectivity index (χ0) is 33.3. The van der Waals surface area contributed by atoms with Crippen molar-refractivity contribution in [3.63, 3.8) is 0 Å². The molecule has 0 aromatic heterocycles. The van der Waals surface area contributed by atoms with Gasteiger partial charge in [-0.2, -0.15) is 10.5 Å². The maximum Gasteiger partial charge on any atom is 0.0991 e. The molecule has 0 saturated heterocycles. The maximum atomic E-state index is 9.65. The van der Waals surface area contributed by atoms with E-state index >= 15 is 0 Å². The highest BCUT2D eigenvalue weighted by Crippen LogP contribution is 2.55. The first-order valence-electron chi connectivity index (χ1n) is 16.8. The van der Waals surface area contributed by atoms with E-state index in [0.29, 0.717) is 11.1 Å². The molecule has 9 aromatic carbocycles. The molecule has 0 spiro atoms. The smallest absolute Gasteiger partial charge is 0.0991 e. The Balaban J connectivity index is 1.35. The first kappa shape index (κ1) is 28.1. The lowest BCUT2D eigenvalue weighted by Crippen LogP contribution is -1.91. The van der Waals surface area contributed by atoms with Crippen LogP contribution < -0.4 is 0 Å². The summed E-state index contributed by atoms with van der Waals surface area (Å²) in [6.07, 6.45) is 0. The Hall–Kier alpha value is -7.00. The van der Waals surface area contributed by atoms with Crippen LogP contribution in [0.1, 0.15) is 11.1 Å². The van der Waals surface area contributed by atoms with Crippen molar-refractivity contribution in [1.82, 2.24) is 0 Å². The summed E-state index contributed by atoms with van der Waals surface area (Å²) < 4.78 is 0. The Morgan fingerprint density at radius 1 is 0.300 bits per heavy atom. The van der Waals surface area contributed by atoms with Gasteiger partial charge in [-0.15, -0.1) is 0 Å². The number of nitriles is 2. The number of hydrogen-bond donors (Lipinski definition) is 0. The monoisotopic (exact) mass is 630 g/mol. The molecule has 0 aliphatic heterocycles. The van der Waals surface area contributed by atoms with Gasteiger partial charge in [0.15, 0.2) is 0 Å². The Morgan fingerprint density at radius 3 is 1.60 bits per heavy atom. The largest absolute Gasteiger partial charge is 0.192 e. The van der Waals surface area contributed by atoms with Gasteiger partial charge in [0.1, 0.15) is 0 Å². The minimum atomic E-state index is 0.646. The van der Waals surface area contributed by atoms with Gasteiger partial charge in [-0.3, -0.25) is 0 Å². The summed E-state index contributed by atoms with van der Waals surface area (Å²) >= 11 is 0. The Morgan fingerprint density at radius 2 is 0.860 bits per heavy atom. The second-order valence-corrected chi connectivity index (χ2v) is 13.0. The van der Waals surface area contributed by atoms with Crippen LogP contribution in [0.2, 0.25) is 0 Å². The van der Waals surface area contributed by atoms with Gasteiger partial charge in [0, 0.05) is 0 Å². The van der Waals surface area contributed by atoms with Gasteiger partial charge < -0.3 is 0 Å². The molecule has 50 heavy (non-hydrogen) atoms. The van der Waals surface area contributed by atoms with Crippen molar-refractivity contribution in [2.45, 2.75) is 0 Å². The van der Waals surface area contributed by atoms with Crippen LogP contribution in [0.25, 0.3) is 98.7 Å². The van der Waals surface area contributed by atoms with E-state index in [1.807, 2.05) is 24.3 Å². The summed E-state index contributed by atoms with van der Waals surface area (Å²) in [5.74, 6) is 0. The first-order chi connectivity index (χ1) is 24.7. The molecule has 0 amide bonds. The van der Waals surface area contributed by atoms with Crippen LogP contribution in [0, 0.1) is 22.7 Å². The van der Waals surface area contributed by atoms with E-state index in [1.165, 1.54) is 82.0 Å². The fourth-order valence-corrected chi connectivity index (χ4v) is 8.24. The van der Waals surface area contributed by atoms with E-state index in [9.17, 15) is 10.5 Å². The molecule has 0 saturated carbocycles. The molecule has 1 aliphatic rings. The molecule has 0 bridgehead atoms. The molecule has 1 aliphatic carbocycles. The normalized spacial score (nSPS) is 11.6. The fraction of sp³-hybridized carbons (Fsp3) is 0. The molecule has 0 unspecified atom stereocenters. The molecular weight excluding hydrogens is 605 g/mol. The lowest BCUT2D eigenvalue weighted by molar-refractivity contribution is 1.48. The number of fused-ring (bicyclic) bond motifs is 8. The number of nitrogens with zero attached hydrogens (tertiary/aromatic N) is 2. The van der Waals surface area contributed by atoms with E-state index in [-0.39, 0.29) is 0 Å². The summed E-state index contributed by atoms with van der Waals surface area (Å²) in [5, 5.41) is 28.8. The zero-order valence-corrected chi connectivity index (χ0v) is 26.9. The second-order valence-electron chi connectivity index (χ2n) is 13.0. The molecule has 228 valence electrons. The van der Waals surface area contributed by atoms with Crippen molar-refractivity contribution in [2.75, 3.05) is 0 Å². The van der Waals surface area contributed by atoms with Crippen molar-refractivity contribution in [3.05, 3.63) is 169 Å². The van der Waals surface area contributed by atoms with Crippen LogP contribution in [0.5, 0.6) is 0 Å². The van der Waals surface area contributed by atoms with Gasteiger partial charge in [-0.25, -0.2) is 0 Å². The topological polar surface area (TPSA) is 47.6 Å². The highest BCUT2D eigenvalue weighted by molar-refractivity contribution is 6.29. The summed E-state index contributed by atoms with van der Waals surface area (Å²) in [7, 11) is 0. The third-order valence-electron chi connectivity index (χ3n) is 10.5. The van der Waals surface area contributed by atoms with Crippen molar-refractivity contribution in [3.8, 4) is 67.8 Å². The highest BCUT2D eigenvalue weighted by Gasteiger charge is 2.28. The average molecular weight is 631 g/mol. The van der Waals surface area contributed by atoms with Crippen LogP contribution in [-0.2, 0) is 0 Å². The van der Waals surface area contributed by atoms with Gasteiger partial charge in [-0.1, -0.05) is 121 Å². The maximum absolute atomic E-state index is 9.65. The Bertz CT molecular complexity index is 2960. The lowest BCUT2D eigenvalue weighted by Gasteiger charge is -2.18.